The first-order chi connectivity index (χ1) is 9.51. The molecule has 0 aliphatic heterocycles. The van der Waals surface area contributed by atoms with E-state index in [1.165, 1.54) is 0 Å². The summed E-state index contributed by atoms with van der Waals surface area (Å²) in [5.41, 5.74) is 0.469. The number of hydrogen-bond acceptors (Lipinski definition) is 4. The average molecular weight is 335 g/mol. The summed E-state index contributed by atoms with van der Waals surface area (Å²) in [6, 6.07) is 7.84. The quantitative estimate of drug-likeness (QED) is 0.898. The Morgan fingerprint density at radius 1 is 1.35 bits per heavy atom. The summed E-state index contributed by atoms with van der Waals surface area (Å²) in [4.78, 5) is 22.6. The maximum Gasteiger partial charge on any atom is 0.338 e. The fourth-order valence-corrected chi connectivity index (χ4v) is 1.83. The third-order valence-electron chi connectivity index (χ3n) is 2.42. The van der Waals surface area contributed by atoms with Gasteiger partial charge in [0.15, 0.2) is 5.76 Å². The fraction of sp³-hybridized carbons (Fsp3) is 0. The van der Waals surface area contributed by atoms with Crippen molar-refractivity contribution in [3.8, 4) is 6.07 Å². The molecule has 7 heteroatoms. The number of carboxylic acid groups (broad SMARTS) is 1. The van der Waals surface area contributed by atoms with Gasteiger partial charge in [0.2, 0.25) is 0 Å². The monoisotopic (exact) mass is 334 g/mol. The lowest BCUT2D eigenvalue weighted by atomic mass is 10.2. The van der Waals surface area contributed by atoms with Crippen LogP contribution in [-0.4, -0.2) is 17.0 Å². The zero-order valence-electron chi connectivity index (χ0n) is 9.88. The lowest BCUT2D eigenvalue weighted by Gasteiger charge is -2.05. The van der Waals surface area contributed by atoms with Crippen LogP contribution in [0.2, 0.25) is 0 Å². The molecule has 20 heavy (non-hydrogen) atoms. The van der Waals surface area contributed by atoms with Crippen LogP contribution < -0.4 is 5.32 Å². The molecule has 2 aromatic rings. The number of amides is 1. The Hall–Kier alpha value is -2.59. The summed E-state index contributed by atoms with van der Waals surface area (Å²) in [6.45, 7) is 0. The average Bonchev–Trinajstić information content (AvgIpc) is 2.89. The zero-order valence-corrected chi connectivity index (χ0v) is 11.5. The van der Waals surface area contributed by atoms with E-state index in [4.69, 9.17) is 14.8 Å². The molecule has 6 nitrogen and oxygen atoms in total. The van der Waals surface area contributed by atoms with Crippen molar-refractivity contribution in [2.24, 2.45) is 0 Å². The summed E-state index contributed by atoms with van der Waals surface area (Å²) < 4.78 is 5.57. The first kappa shape index (κ1) is 13.8. The van der Waals surface area contributed by atoms with Gasteiger partial charge < -0.3 is 14.8 Å². The van der Waals surface area contributed by atoms with Gasteiger partial charge in [-0.25, -0.2) is 4.79 Å². The number of carbonyl (C=O) groups excluding carboxylic acids is 1. The van der Waals surface area contributed by atoms with Crippen LogP contribution >= 0.6 is 15.9 Å². The van der Waals surface area contributed by atoms with Gasteiger partial charge in [0.25, 0.3) is 5.91 Å². The minimum atomic E-state index is -1.19. The van der Waals surface area contributed by atoms with Crippen LogP contribution in [0.15, 0.2) is 39.4 Å². The number of anilines is 1. The molecule has 100 valence electrons. The summed E-state index contributed by atoms with van der Waals surface area (Å²) >= 11 is 3.23. The van der Waals surface area contributed by atoms with Gasteiger partial charge in [-0.05, 0) is 18.2 Å². The van der Waals surface area contributed by atoms with Crippen LogP contribution in [0, 0.1) is 11.3 Å². The number of carbonyl (C=O) groups is 2. The molecule has 0 saturated heterocycles. The van der Waals surface area contributed by atoms with Crippen LogP contribution in [0.5, 0.6) is 0 Å². The largest absolute Gasteiger partial charge is 0.478 e. The summed E-state index contributed by atoms with van der Waals surface area (Å²) in [5.74, 6) is -1.97. The molecule has 2 N–H and O–H groups in total. The van der Waals surface area contributed by atoms with Gasteiger partial charge in [0, 0.05) is 10.5 Å². The molecule has 1 aromatic heterocycles. The highest BCUT2D eigenvalue weighted by Gasteiger charge is 2.16. The SMILES string of the molecule is N#Cc1ccc(Br)cc1NC(=O)c1cc(C(=O)O)co1. The van der Waals surface area contributed by atoms with Gasteiger partial charge >= 0.3 is 5.97 Å². The molecular formula is C13H7BrN2O4. The van der Waals surface area contributed by atoms with E-state index < -0.39 is 11.9 Å². The van der Waals surface area contributed by atoms with E-state index in [-0.39, 0.29) is 16.9 Å². The third kappa shape index (κ3) is 2.87. The van der Waals surface area contributed by atoms with E-state index in [1.54, 1.807) is 18.2 Å². The molecule has 0 aliphatic rings. The predicted molar refractivity (Wildman–Crippen MR) is 72.5 cm³/mol. The number of carboxylic acids is 1. The van der Waals surface area contributed by atoms with Crippen molar-refractivity contribution in [2.45, 2.75) is 0 Å². The van der Waals surface area contributed by atoms with Gasteiger partial charge in [-0.2, -0.15) is 5.26 Å². The predicted octanol–water partition coefficient (Wildman–Crippen LogP) is 2.86. The molecule has 1 heterocycles. The molecule has 1 aromatic carbocycles. The van der Waals surface area contributed by atoms with Crippen LogP contribution in [0.1, 0.15) is 26.5 Å². The number of nitrogens with one attached hydrogen (secondary N) is 1. The Morgan fingerprint density at radius 2 is 2.10 bits per heavy atom. The van der Waals surface area contributed by atoms with Crippen molar-refractivity contribution in [3.05, 3.63) is 51.9 Å². The number of benzene rings is 1. The fourth-order valence-electron chi connectivity index (χ4n) is 1.47. The third-order valence-corrected chi connectivity index (χ3v) is 2.91. The number of nitrogens with zero attached hydrogens (tertiary/aromatic N) is 1. The minimum absolute atomic E-state index is 0.120. The summed E-state index contributed by atoms with van der Waals surface area (Å²) in [7, 11) is 0. The molecule has 0 bridgehead atoms. The zero-order chi connectivity index (χ0) is 14.7. The highest BCUT2D eigenvalue weighted by molar-refractivity contribution is 9.10. The van der Waals surface area contributed by atoms with E-state index in [2.05, 4.69) is 21.2 Å². The van der Waals surface area contributed by atoms with Gasteiger partial charge in [0.05, 0.1) is 16.8 Å². The van der Waals surface area contributed by atoms with E-state index >= 15 is 0 Å². The number of nitriles is 1. The molecule has 0 unspecified atom stereocenters. The number of halogens is 1. The first-order valence-corrected chi connectivity index (χ1v) is 6.13. The Kier molecular flexibility index (Phi) is 3.86. The smallest absolute Gasteiger partial charge is 0.338 e. The van der Waals surface area contributed by atoms with Gasteiger partial charge in [-0.3, -0.25) is 4.79 Å². The summed E-state index contributed by atoms with van der Waals surface area (Å²) in [6.07, 6.45) is 0.976. The molecule has 2 rings (SSSR count). The Bertz CT molecular complexity index is 730. The van der Waals surface area contributed by atoms with Crippen molar-refractivity contribution >= 4 is 33.5 Å². The summed E-state index contributed by atoms with van der Waals surface area (Å²) in [5, 5.41) is 20.2. The normalized spacial score (nSPS) is 9.80. The molecule has 0 spiro atoms. The molecule has 0 atom stereocenters. The maximum atomic E-state index is 11.9. The highest BCUT2D eigenvalue weighted by atomic mass is 79.9. The van der Waals surface area contributed by atoms with Crippen LogP contribution in [0.3, 0.4) is 0 Å². The van der Waals surface area contributed by atoms with Crippen molar-refractivity contribution < 1.29 is 19.1 Å². The van der Waals surface area contributed by atoms with E-state index in [1.807, 2.05) is 6.07 Å². The lowest BCUT2D eigenvalue weighted by molar-refractivity contribution is 0.0696. The van der Waals surface area contributed by atoms with E-state index in [0.29, 0.717) is 10.2 Å². The van der Waals surface area contributed by atoms with Crippen molar-refractivity contribution in [1.29, 1.82) is 5.26 Å². The van der Waals surface area contributed by atoms with Crippen LogP contribution in [0.25, 0.3) is 0 Å². The topological polar surface area (TPSA) is 103 Å². The van der Waals surface area contributed by atoms with Gasteiger partial charge in [-0.1, -0.05) is 15.9 Å². The van der Waals surface area contributed by atoms with Crippen molar-refractivity contribution in [2.75, 3.05) is 5.32 Å². The minimum Gasteiger partial charge on any atom is -0.478 e. The van der Waals surface area contributed by atoms with Crippen molar-refractivity contribution in [3.63, 3.8) is 0 Å². The molecule has 0 fully saturated rings. The maximum absolute atomic E-state index is 11.9. The molecular weight excluding hydrogens is 328 g/mol. The first-order valence-electron chi connectivity index (χ1n) is 5.34. The molecule has 0 aliphatic carbocycles. The number of furan rings is 1. The van der Waals surface area contributed by atoms with Crippen LogP contribution in [0.4, 0.5) is 5.69 Å². The van der Waals surface area contributed by atoms with Gasteiger partial charge in [-0.15, -0.1) is 0 Å². The highest BCUT2D eigenvalue weighted by Crippen LogP contribution is 2.21. The van der Waals surface area contributed by atoms with Gasteiger partial charge in [0.1, 0.15) is 12.3 Å². The second kappa shape index (κ2) is 5.59. The number of hydrogen-bond donors (Lipinski definition) is 2. The second-order valence-electron chi connectivity index (χ2n) is 3.76. The van der Waals surface area contributed by atoms with Crippen LogP contribution in [-0.2, 0) is 0 Å². The lowest BCUT2D eigenvalue weighted by Crippen LogP contribution is -2.12. The standard InChI is InChI=1S/C13H7BrN2O4/c14-9-2-1-7(5-15)10(4-9)16-12(17)11-3-8(6-20-11)13(18)19/h1-4,6H,(H,16,17)(H,18,19). The number of aromatic carboxylic acids is 1. The van der Waals surface area contributed by atoms with Crippen molar-refractivity contribution in [1.82, 2.24) is 0 Å². The Labute approximate surface area is 121 Å². The molecule has 1 amide bonds. The second-order valence-corrected chi connectivity index (χ2v) is 4.68. The van der Waals surface area contributed by atoms with E-state index in [9.17, 15) is 9.59 Å². The molecule has 0 saturated carbocycles. The molecule has 0 radical (unpaired) electrons. The van der Waals surface area contributed by atoms with E-state index in [0.717, 1.165) is 12.3 Å². The Balaban J connectivity index is 2.25. The Morgan fingerprint density at radius 3 is 2.70 bits per heavy atom. The number of rotatable bonds is 3.